The van der Waals surface area contributed by atoms with Crippen LogP contribution in [0.2, 0.25) is 0 Å². The largest absolute Gasteiger partial charge is 0.493 e. The maximum atomic E-state index is 10.6. The van der Waals surface area contributed by atoms with Crippen LogP contribution in [0.4, 0.5) is 5.69 Å². The summed E-state index contributed by atoms with van der Waals surface area (Å²) < 4.78 is 5.24. The third-order valence-corrected chi connectivity index (χ3v) is 1.90. The predicted molar refractivity (Wildman–Crippen MR) is 57.0 cm³/mol. The van der Waals surface area contributed by atoms with Crippen LogP contribution in [0.1, 0.15) is 12.0 Å². The molecule has 6 nitrogen and oxygen atoms in total. The minimum Gasteiger partial charge on any atom is -0.493 e. The van der Waals surface area contributed by atoms with Crippen LogP contribution >= 0.6 is 0 Å². The Labute approximate surface area is 92.4 Å². The molecule has 1 aromatic carbocycles. The Balaban J connectivity index is 2.86. The van der Waals surface area contributed by atoms with Gasteiger partial charge in [-0.1, -0.05) is 0 Å². The highest BCUT2D eigenvalue weighted by atomic mass is 16.6. The van der Waals surface area contributed by atoms with Gasteiger partial charge >= 0.3 is 0 Å². The van der Waals surface area contributed by atoms with E-state index in [1.165, 1.54) is 18.2 Å². The van der Waals surface area contributed by atoms with Crippen molar-refractivity contribution in [1.29, 1.82) is 5.26 Å². The highest BCUT2D eigenvalue weighted by molar-refractivity contribution is 5.52. The first-order chi connectivity index (χ1) is 7.69. The zero-order valence-corrected chi connectivity index (χ0v) is 8.55. The van der Waals surface area contributed by atoms with Crippen molar-refractivity contribution < 1.29 is 9.66 Å². The van der Waals surface area contributed by atoms with Crippen LogP contribution in [-0.4, -0.2) is 18.1 Å². The van der Waals surface area contributed by atoms with Gasteiger partial charge in [-0.05, 0) is 25.1 Å². The molecule has 1 aromatic rings. The minimum absolute atomic E-state index is 0.0242. The average molecular weight is 221 g/mol. The Morgan fingerprint density at radius 3 is 2.88 bits per heavy atom. The van der Waals surface area contributed by atoms with Crippen molar-refractivity contribution in [2.45, 2.75) is 6.42 Å². The first-order valence-corrected chi connectivity index (χ1v) is 4.70. The second kappa shape index (κ2) is 5.68. The molecule has 0 saturated heterocycles. The van der Waals surface area contributed by atoms with Crippen LogP contribution in [-0.2, 0) is 0 Å². The molecule has 84 valence electrons. The van der Waals surface area contributed by atoms with Crippen LogP contribution in [0.3, 0.4) is 0 Å². The zero-order valence-electron chi connectivity index (χ0n) is 8.55. The van der Waals surface area contributed by atoms with Gasteiger partial charge in [-0.25, -0.2) is 0 Å². The second-order valence-electron chi connectivity index (χ2n) is 3.04. The van der Waals surface area contributed by atoms with E-state index in [0.717, 1.165) is 0 Å². The number of hydrogen-bond acceptors (Lipinski definition) is 5. The number of nitrogens with two attached hydrogens (primary N) is 1. The molecule has 0 atom stereocenters. The fraction of sp³-hybridized carbons (Fsp3) is 0.300. The van der Waals surface area contributed by atoms with Crippen LogP contribution in [0.25, 0.3) is 0 Å². The average Bonchev–Trinajstić information content (AvgIpc) is 2.29. The lowest BCUT2D eigenvalue weighted by Crippen LogP contribution is -2.06. The molecule has 0 unspecified atom stereocenters. The molecule has 0 heterocycles. The zero-order chi connectivity index (χ0) is 12.0. The normalized spacial score (nSPS) is 9.50. The van der Waals surface area contributed by atoms with E-state index in [1.807, 2.05) is 0 Å². The molecule has 0 aliphatic heterocycles. The van der Waals surface area contributed by atoms with Gasteiger partial charge in [0.2, 0.25) is 0 Å². The summed E-state index contributed by atoms with van der Waals surface area (Å²) in [4.78, 5) is 10.0. The fourth-order valence-corrected chi connectivity index (χ4v) is 1.12. The van der Waals surface area contributed by atoms with Gasteiger partial charge in [-0.15, -0.1) is 0 Å². The number of nitrogens with zero attached hydrogens (tertiary/aromatic N) is 2. The number of nitriles is 1. The van der Waals surface area contributed by atoms with E-state index < -0.39 is 4.92 Å². The van der Waals surface area contributed by atoms with Gasteiger partial charge in [0.15, 0.2) is 0 Å². The predicted octanol–water partition coefficient (Wildman–Crippen LogP) is 1.19. The molecule has 0 amide bonds. The summed E-state index contributed by atoms with van der Waals surface area (Å²) in [5, 5.41) is 19.3. The fourth-order valence-electron chi connectivity index (χ4n) is 1.12. The highest BCUT2D eigenvalue weighted by Gasteiger charge is 2.14. The molecule has 0 aliphatic rings. The van der Waals surface area contributed by atoms with Gasteiger partial charge in [-0.3, -0.25) is 10.1 Å². The number of ether oxygens (including phenoxy) is 1. The Hall–Kier alpha value is -2.13. The Bertz CT molecular complexity index is 426. The standard InChI is InChI=1S/C10H11N3O3/c11-4-1-5-16-9-3-2-8(7-12)10(6-9)13(14)15/h2-3,6H,1,4-5,11H2. The molecule has 1 rings (SSSR count). The third-order valence-electron chi connectivity index (χ3n) is 1.90. The summed E-state index contributed by atoms with van der Waals surface area (Å²) in [6, 6.07) is 5.90. The maximum absolute atomic E-state index is 10.6. The van der Waals surface area contributed by atoms with Gasteiger partial charge in [0.05, 0.1) is 17.6 Å². The summed E-state index contributed by atoms with van der Waals surface area (Å²) in [6.07, 6.45) is 0.674. The number of nitro benzene ring substituents is 1. The molecule has 0 radical (unpaired) electrons. The summed E-state index contributed by atoms with van der Waals surface area (Å²) in [7, 11) is 0. The molecule has 16 heavy (non-hydrogen) atoms. The molecule has 0 saturated carbocycles. The van der Waals surface area contributed by atoms with Crippen molar-refractivity contribution in [3.63, 3.8) is 0 Å². The molecule has 0 aromatic heterocycles. The lowest BCUT2D eigenvalue weighted by atomic mass is 10.2. The van der Waals surface area contributed by atoms with Crippen LogP contribution in [0.5, 0.6) is 5.75 Å². The molecule has 0 spiro atoms. The summed E-state index contributed by atoms with van der Waals surface area (Å²) in [5.41, 5.74) is 5.07. The van der Waals surface area contributed by atoms with Crippen molar-refractivity contribution in [1.82, 2.24) is 0 Å². The molecule has 6 heteroatoms. The first-order valence-electron chi connectivity index (χ1n) is 4.70. The van der Waals surface area contributed by atoms with Crippen molar-refractivity contribution in [2.24, 2.45) is 5.73 Å². The first kappa shape index (κ1) is 11.9. The molecule has 2 N–H and O–H groups in total. The van der Waals surface area contributed by atoms with E-state index in [4.69, 9.17) is 15.7 Å². The molecule has 0 fully saturated rings. The van der Waals surface area contributed by atoms with Crippen LogP contribution < -0.4 is 10.5 Å². The van der Waals surface area contributed by atoms with E-state index in [-0.39, 0.29) is 11.3 Å². The Kier molecular flexibility index (Phi) is 4.24. The maximum Gasteiger partial charge on any atom is 0.290 e. The van der Waals surface area contributed by atoms with E-state index in [0.29, 0.717) is 25.3 Å². The number of benzene rings is 1. The van der Waals surface area contributed by atoms with E-state index in [2.05, 4.69) is 0 Å². The van der Waals surface area contributed by atoms with Crippen molar-refractivity contribution >= 4 is 5.69 Å². The van der Waals surface area contributed by atoms with Gasteiger partial charge in [0, 0.05) is 0 Å². The SMILES string of the molecule is N#Cc1ccc(OCCCN)cc1[N+](=O)[O-]. The molecule has 0 aliphatic carbocycles. The van der Waals surface area contributed by atoms with Gasteiger partial charge in [0.25, 0.3) is 5.69 Å². The third kappa shape index (κ3) is 2.93. The lowest BCUT2D eigenvalue weighted by molar-refractivity contribution is -0.385. The minimum atomic E-state index is -0.603. The molecule has 0 bridgehead atoms. The van der Waals surface area contributed by atoms with Crippen molar-refractivity contribution in [2.75, 3.05) is 13.2 Å². The number of nitro groups is 1. The summed E-state index contributed by atoms with van der Waals surface area (Å²) in [5.74, 6) is 0.374. The lowest BCUT2D eigenvalue weighted by Gasteiger charge is -2.04. The summed E-state index contributed by atoms with van der Waals surface area (Å²) in [6.45, 7) is 0.901. The monoisotopic (exact) mass is 221 g/mol. The Morgan fingerprint density at radius 1 is 1.56 bits per heavy atom. The number of rotatable bonds is 5. The summed E-state index contributed by atoms with van der Waals surface area (Å²) >= 11 is 0. The van der Waals surface area contributed by atoms with Crippen LogP contribution in [0, 0.1) is 21.4 Å². The highest BCUT2D eigenvalue weighted by Crippen LogP contribution is 2.23. The molecular weight excluding hydrogens is 210 g/mol. The number of hydrogen-bond donors (Lipinski definition) is 1. The van der Waals surface area contributed by atoms with Crippen molar-refractivity contribution in [3.8, 4) is 11.8 Å². The Morgan fingerprint density at radius 2 is 2.31 bits per heavy atom. The quantitative estimate of drug-likeness (QED) is 0.457. The smallest absolute Gasteiger partial charge is 0.290 e. The van der Waals surface area contributed by atoms with Gasteiger partial charge in [-0.2, -0.15) is 5.26 Å². The van der Waals surface area contributed by atoms with Gasteiger partial charge in [0.1, 0.15) is 17.4 Å². The van der Waals surface area contributed by atoms with Crippen molar-refractivity contribution in [3.05, 3.63) is 33.9 Å². The van der Waals surface area contributed by atoms with E-state index in [1.54, 1.807) is 6.07 Å². The topological polar surface area (TPSA) is 102 Å². The van der Waals surface area contributed by atoms with E-state index in [9.17, 15) is 10.1 Å². The van der Waals surface area contributed by atoms with Crippen LogP contribution in [0.15, 0.2) is 18.2 Å². The van der Waals surface area contributed by atoms with E-state index >= 15 is 0 Å². The van der Waals surface area contributed by atoms with Gasteiger partial charge < -0.3 is 10.5 Å². The second-order valence-corrected chi connectivity index (χ2v) is 3.04. The molecular formula is C10H11N3O3.